The van der Waals surface area contributed by atoms with Gasteiger partial charge in [0, 0.05) is 11.5 Å². The molecule has 0 bridgehead atoms. The average Bonchev–Trinajstić information content (AvgIpc) is 3.51. The Morgan fingerprint density at radius 3 is 2.40 bits per heavy atom. The molecule has 2 aromatic rings. The molecule has 5 nitrogen and oxygen atoms in total. The van der Waals surface area contributed by atoms with Crippen LogP contribution < -0.4 is 5.63 Å². The summed E-state index contributed by atoms with van der Waals surface area (Å²) in [5, 5.41) is 18.9. The van der Waals surface area contributed by atoms with Crippen molar-refractivity contribution in [3.63, 3.8) is 0 Å². The van der Waals surface area contributed by atoms with Crippen molar-refractivity contribution in [3.8, 4) is 5.75 Å². The molecular weight excluding hydrogens is 440 g/mol. The van der Waals surface area contributed by atoms with E-state index >= 15 is 0 Å². The van der Waals surface area contributed by atoms with Crippen LogP contribution in [0.1, 0.15) is 76.7 Å². The van der Waals surface area contributed by atoms with Crippen LogP contribution in [0.2, 0.25) is 0 Å². The maximum Gasteiger partial charge on any atom is 0.335 e. The van der Waals surface area contributed by atoms with Crippen molar-refractivity contribution < 1.29 is 19.4 Å². The Hall–Kier alpha value is -2.11. The zero-order valence-corrected chi connectivity index (χ0v) is 20.9. The standard InChI is InChI=1S/C24H32O4.C6H6O/c1-22-9-7-16(25)11-15(22)4-5-18-17(22)8-10-23(2)19(12-20-24(18,23)28-20)14-3-6-21(26)27-13-14;7-6-4-2-1-3-5-6/h3,6,13,15-20,25H,4-5,7-12H2,1-2H3;1-5,7H/t15-,16+,17+,18-,19-,20-,22+,23-,24-;/m1./s1. The average molecular weight is 479 g/mol. The van der Waals surface area contributed by atoms with E-state index in [1.807, 2.05) is 12.1 Å². The van der Waals surface area contributed by atoms with E-state index < -0.39 is 0 Å². The summed E-state index contributed by atoms with van der Waals surface area (Å²) in [6.07, 6.45) is 11.1. The third-order valence-corrected chi connectivity index (χ3v) is 10.9. The van der Waals surface area contributed by atoms with Gasteiger partial charge in [0.2, 0.25) is 0 Å². The summed E-state index contributed by atoms with van der Waals surface area (Å²) in [7, 11) is 0. The van der Waals surface area contributed by atoms with Crippen LogP contribution in [0.3, 0.4) is 0 Å². The van der Waals surface area contributed by atoms with Crippen molar-refractivity contribution in [1.29, 1.82) is 0 Å². The van der Waals surface area contributed by atoms with Gasteiger partial charge in [-0.3, -0.25) is 0 Å². The van der Waals surface area contributed by atoms with Gasteiger partial charge in [-0.05, 0) is 104 Å². The molecule has 0 amide bonds. The number of aliphatic hydroxyl groups is 1. The third kappa shape index (κ3) is 3.45. The molecule has 7 rings (SSSR count). The first kappa shape index (κ1) is 23.3. The highest BCUT2D eigenvalue weighted by Crippen LogP contribution is 2.77. The van der Waals surface area contributed by atoms with Gasteiger partial charge in [0.15, 0.2) is 0 Å². The van der Waals surface area contributed by atoms with Gasteiger partial charge in [-0.15, -0.1) is 0 Å². The molecule has 9 atom stereocenters. The molecule has 0 unspecified atom stereocenters. The van der Waals surface area contributed by atoms with Gasteiger partial charge >= 0.3 is 5.63 Å². The van der Waals surface area contributed by atoms with E-state index in [1.165, 1.54) is 37.7 Å². The Kier molecular flexibility index (Phi) is 5.46. The number of hydrogen-bond acceptors (Lipinski definition) is 5. The summed E-state index contributed by atoms with van der Waals surface area (Å²) >= 11 is 0. The van der Waals surface area contributed by atoms with Gasteiger partial charge in [0.1, 0.15) is 11.4 Å². The van der Waals surface area contributed by atoms with Crippen LogP contribution in [-0.4, -0.2) is 28.0 Å². The van der Waals surface area contributed by atoms with Crippen LogP contribution in [0.5, 0.6) is 5.75 Å². The first-order valence-corrected chi connectivity index (χ1v) is 13.5. The SMILES string of the molecule is C[C@]12CC[C@H](O)C[C@H]1CC[C@@H]1[C@@H]2CC[C@]2(C)[C@@H](c3ccc(=O)oc3)C[C@H]3O[C@]132.Oc1ccccc1. The maximum atomic E-state index is 11.4. The fourth-order valence-corrected chi connectivity index (χ4v) is 9.17. The normalized spacial score (nSPS) is 45.1. The van der Waals surface area contributed by atoms with Crippen molar-refractivity contribution in [1.82, 2.24) is 0 Å². The first-order chi connectivity index (χ1) is 16.8. The smallest absolute Gasteiger partial charge is 0.335 e. The van der Waals surface area contributed by atoms with Crippen molar-refractivity contribution in [2.75, 3.05) is 0 Å². The lowest BCUT2D eigenvalue weighted by atomic mass is 9.44. The highest BCUT2D eigenvalue weighted by molar-refractivity contribution is 5.35. The monoisotopic (exact) mass is 478 g/mol. The van der Waals surface area contributed by atoms with Crippen molar-refractivity contribution >= 4 is 0 Å². The summed E-state index contributed by atoms with van der Waals surface area (Å²) in [5.74, 6) is 2.80. The molecule has 1 aromatic carbocycles. The summed E-state index contributed by atoms with van der Waals surface area (Å²) in [5.41, 5.74) is 1.44. The summed E-state index contributed by atoms with van der Waals surface area (Å²) < 4.78 is 11.8. The van der Waals surface area contributed by atoms with Crippen LogP contribution in [0.15, 0.2) is 57.9 Å². The Morgan fingerprint density at radius 1 is 0.914 bits per heavy atom. The number of para-hydroxylation sites is 1. The quantitative estimate of drug-likeness (QED) is 0.518. The molecule has 35 heavy (non-hydrogen) atoms. The molecule has 188 valence electrons. The zero-order chi connectivity index (χ0) is 24.4. The second-order valence-electron chi connectivity index (χ2n) is 12.3. The largest absolute Gasteiger partial charge is 0.508 e. The van der Waals surface area contributed by atoms with E-state index in [0.717, 1.165) is 25.2 Å². The van der Waals surface area contributed by atoms with Gasteiger partial charge in [-0.25, -0.2) is 4.79 Å². The van der Waals surface area contributed by atoms with Gasteiger partial charge < -0.3 is 19.4 Å². The zero-order valence-electron chi connectivity index (χ0n) is 20.9. The van der Waals surface area contributed by atoms with E-state index in [2.05, 4.69) is 13.8 Å². The second-order valence-corrected chi connectivity index (χ2v) is 12.3. The Labute approximate surface area is 207 Å². The molecule has 5 fully saturated rings. The molecule has 1 spiro atoms. The number of aromatic hydroxyl groups is 1. The van der Waals surface area contributed by atoms with Gasteiger partial charge in [0.05, 0.1) is 18.5 Å². The molecule has 1 aliphatic heterocycles. The van der Waals surface area contributed by atoms with Crippen molar-refractivity contribution in [2.24, 2.45) is 28.6 Å². The number of fused-ring (bicyclic) bond motifs is 3. The number of phenols is 1. The highest BCUT2D eigenvalue weighted by Gasteiger charge is 2.80. The molecule has 2 N–H and O–H groups in total. The number of phenolic OH excluding ortho intramolecular Hbond substituents is 1. The van der Waals surface area contributed by atoms with Crippen LogP contribution in [0, 0.1) is 28.6 Å². The minimum atomic E-state index is -0.266. The molecular formula is C30H38O5. The minimum absolute atomic E-state index is 0.0285. The van der Waals surface area contributed by atoms with Crippen LogP contribution in [0.25, 0.3) is 0 Å². The fraction of sp³-hybridized carbons (Fsp3) is 0.633. The van der Waals surface area contributed by atoms with E-state index in [9.17, 15) is 9.90 Å². The Morgan fingerprint density at radius 2 is 1.71 bits per heavy atom. The topological polar surface area (TPSA) is 83.2 Å². The summed E-state index contributed by atoms with van der Waals surface area (Å²) in [6, 6.07) is 12.3. The summed E-state index contributed by atoms with van der Waals surface area (Å²) in [6.45, 7) is 4.97. The van der Waals surface area contributed by atoms with Gasteiger partial charge in [0.25, 0.3) is 0 Å². The van der Waals surface area contributed by atoms with Crippen molar-refractivity contribution in [3.05, 3.63) is 64.7 Å². The number of benzene rings is 1. The molecule has 2 heterocycles. The maximum absolute atomic E-state index is 11.4. The fourth-order valence-electron chi connectivity index (χ4n) is 9.17. The Bertz CT molecular complexity index is 1110. The van der Waals surface area contributed by atoms with Crippen LogP contribution in [0.4, 0.5) is 0 Å². The van der Waals surface area contributed by atoms with Crippen LogP contribution in [-0.2, 0) is 4.74 Å². The number of ether oxygens (including phenoxy) is 1. The summed E-state index contributed by atoms with van der Waals surface area (Å²) in [4.78, 5) is 11.4. The lowest BCUT2D eigenvalue weighted by molar-refractivity contribution is -0.139. The molecule has 4 aliphatic carbocycles. The second kappa shape index (κ2) is 8.21. The van der Waals surface area contributed by atoms with E-state index in [0.29, 0.717) is 35.0 Å². The predicted molar refractivity (Wildman–Crippen MR) is 133 cm³/mol. The molecule has 5 heteroatoms. The van der Waals surface area contributed by atoms with E-state index in [4.69, 9.17) is 14.3 Å². The van der Waals surface area contributed by atoms with Crippen LogP contribution >= 0.6 is 0 Å². The number of epoxide rings is 1. The van der Waals surface area contributed by atoms with E-state index in [1.54, 1.807) is 36.6 Å². The van der Waals surface area contributed by atoms with Gasteiger partial charge in [-0.2, -0.15) is 0 Å². The lowest BCUT2D eigenvalue weighted by Gasteiger charge is -2.61. The molecule has 1 aromatic heterocycles. The molecule has 1 saturated heterocycles. The van der Waals surface area contributed by atoms with E-state index in [-0.39, 0.29) is 22.7 Å². The number of rotatable bonds is 1. The lowest BCUT2D eigenvalue weighted by Crippen LogP contribution is -2.58. The highest BCUT2D eigenvalue weighted by atomic mass is 16.6. The molecule has 5 aliphatic rings. The first-order valence-electron chi connectivity index (χ1n) is 13.5. The molecule has 0 radical (unpaired) electrons. The number of aliphatic hydroxyl groups excluding tert-OH is 1. The third-order valence-electron chi connectivity index (χ3n) is 10.9. The number of hydrogen-bond donors (Lipinski definition) is 2. The predicted octanol–water partition coefficient (Wildman–Crippen LogP) is 5.65. The molecule has 4 saturated carbocycles. The van der Waals surface area contributed by atoms with Gasteiger partial charge in [-0.1, -0.05) is 32.0 Å². The minimum Gasteiger partial charge on any atom is -0.508 e. The van der Waals surface area contributed by atoms with Crippen molar-refractivity contribution in [2.45, 2.75) is 88.9 Å². The Balaban J connectivity index is 0.000000284.